The van der Waals surface area contributed by atoms with Gasteiger partial charge in [0.15, 0.2) is 0 Å². The van der Waals surface area contributed by atoms with Crippen LogP contribution in [0, 0.1) is 0 Å². The minimum absolute atomic E-state index is 0. The van der Waals surface area contributed by atoms with Crippen molar-refractivity contribution in [1.82, 2.24) is 9.97 Å². The quantitative estimate of drug-likeness (QED) is 0.383. The molecular formula is C22H20FeN2-6. The Morgan fingerprint density at radius 3 is 1.80 bits per heavy atom. The van der Waals surface area contributed by atoms with Crippen molar-refractivity contribution in [3.05, 3.63) is 120 Å². The van der Waals surface area contributed by atoms with Gasteiger partial charge in [-0.3, -0.25) is 9.97 Å². The maximum Gasteiger partial charge on any atom is 0.0332 e. The van der Waals surface area contributed by atoms with Gasteiger partial charge in [0.2, 0.25) is 0 Å². The van der Waals surface area contributed by atoms with Gasteiger partial charge in [-0.2, -0.15) is 24.1 Å². The van der Waals surface area contributed by atoms with Gasteiger partial charge in [0.1, 0.15) is 0 Å². The van der Waals surface area contributed by atoms with Crippen molar-refractivity contribution < 1.29 is 17.1 Å². The molecule has 0 saturated carbocycles. The third-order valence-corrected chi connectivity index (χ3v) is 3.69. The monoisotopic (exact) mass is 368 g/mol. The van der Waals surface area contributed by atoms with Crippen LogP contribution in [-0.4, -0.2) is 9.97 Å². The largest absolute Gasteiger partial charge is 0.748 e. The first-order chi connectivity index (χ1) is 11.9. The SMILES string of the molecule is [Fe].c1ccc(C[c-]2[cH-][cH-][cH-][cH-]2)nc1.c1ccc(C[c-]2cccc2)nc1. The van der Waals surface area contributed by atoms with E-state index in [9.17, 15) is 0 Å². The minimum Gasteiger partial charge on any atom is -0.748 e. The van der Waals surface area contributed by atoms with Crippen molar-refractivity contribution in [1.29, 1.82) is 0 Å². The molecule has 0 aliphatic rings. The first kappa shape index (κ1) is 18.9. The molecule has 4 rings (SSSR count). The molecule has 0 fully saturated rings. The van der Waals surface area contributed by atoms with Gasteiger partial charge >= 0.3 is 0 Å². The predicted octanol–water partition coefficient (Wildman–Crippen LogP) is 4.78. The summed E-state index contributed by atoms with van der Waals surface area (Å²) in [5.74, 6) is 0. The van der Waals surface area contributed by atoms with Crippen LogP contribution in [0.1, 0.15) is 22.5 Å². The van der Waals surface area contributed by atoms with Gasteiger partial charge < -0.3 is 29.8 Å². The molecule has 0 aliphatic carbocycles. The molecular weight excluding hydrogens is 348 g/mol. The van der Waals surface area contributed by atoms with Crippen molar-refractivity contribution in [2.45, 2.75) is 12.8 Å². The van der Waals surface area contributed by atoms with Gasteiger partial charge in [-0.05, 0) is 30.7 Å². The van der Waals surface area contributed by atoms with Crippen LogP contribution in [0.3, 0.4) is 0 Å². The second-order valence-electron chi connectivity index (χ2n) is 5.58. The Bertz CT molecular complexity index is 720. The molecule has 2 aromatic heterocycles. The van der Waals surface area contributed by atoms with Crippen LogP contribution in [0.15, 0.2) is 97.3 Å². The van der Waals surface area contributed by atoms with E-state index in [1.807, 2.05) is 48.8 Å². The molecule has 0 spiro atoms. The average molecular weight is 368 g/mol. The van der Waals surface area contributed by atoms with Gasteiger partial charge in [0.05, 0.1) is 0 Å². The zero-order valence-electron chi connectivity index (χ0n) is 13.9. The molecule has 132 valence electrons. The van der Waals surface area contributed by atoms with Gasteiger partial charge in [0.25, 0.3) is 0 Å². The van der Waals surface area contributed by atoms with E-state index in [0.717, 1.165) is 24.2 Å². The van der Waals surface area contributed by atoms with Crippen molar-refractivity contribution in [2.24, 2.45) is 0 Å². The van der Waals surface area contributed by atoms with Gasteiger partial charge in [-0.25, -0.2) is 12.1 Å². The van der Waals surface area contributed by atoms with Crippen LogP contribution in [0.2, 0.25) is 0 Å². The van der Waals surface area contributed by atoms with E-state index in [1.165, 1.54) is 11.1 Å². The molecule has 0 atom stereocenters. The summed E-state index contributed by atoms with van der Waals surface area (Å²) in [6.07, 6.45) is 5.54. The zero-order valence-corrected chi connectivity index (χ0v) is 15.0. The van der Waals surface area contributed by atoms with E-state index in [-0.39, 0.29) is 17.1 Å². The third kappa shape index (κ3) is 6.50. The average Bonchev–Trinajstić information content (AvgIpc) is 3.32. The first-order valence-corrected chi connectivity index (χ1v) is 8.11. The summed E-state index contributed by atoms with van der Waals surface area (Å²) < 4.78 is 0. The first-order valence-electron chi connectivity index (χ1n) is 8.11. The summed E-state index contributed by atoms with van der Waals surface area (Å²) in [5.41, 5.74) is 4.91. The molecule has 4 aromatic rings. The van der Waals surface area contributed by atoms with Crippen molar-refractivity contribution in [2.75, 3.05) is 0 Å². The van der Waals surface area contributed by atoms with Crippen LogP contribution < -0.4 is 0 Å². The van der Waals surface area contributed by atoms with Crippen LogP contribution in [0.5, 0.6) is 0 Å². The standard InChI is InChI=1S/2C11H10N.Fe/c2*1-2-6-10(5-1)9-11-7-3-4-8-12-11;/h2*1-8H,9H2;/q-5;-1;. The molecule has 0 radical (unpaired) electrons. The fraction of sp³-hybridized carbons (Fsp3) is 0.0909. The summed E-state index contributed by atoms with van der Waals surface area (Å²) in [6.45, 7) is 0. The summed E-state index contributed by atoms with van der Waals surface area (Å²) in [4.78, 5) is 8.51. The van der Waals surface area contributed by atoms with E-state index >= 15 is 0 Å². The second kappa shape index (κ2) is 10.4. The van der Waals surface area contributed by atoms with E-state index < -0.39 is 0 Å². The molecule has 25 heavy (non-hydrogen) atoms. The molecule has 0 bridgehead atoms. The fourth-order valence-corrected chi connectivity index (χ4v) is 2.49. The normalized spacial score (nSPS) is 9.60. The summed E-state index contributed by atoms with van der Waals surface area (Å²) in [7, 11) is 0. The van der Waals surface area contributed by atoms with E-state index in [0.29, 0.717) is 0 Å². The predicted molar refractivity (Wildman–Crippen MR) is 98.2 cm³/mol. The Morgan fingerprint density at radius 2 is 1.28 bits per heavy atom. The van der Waals surface area contributed by atoms with E-state index in [4.69, 9.17) is 0 Å². The number of pyridine rings is 2. The van der Waals surface area contributed by atoms with E-state index in [1.54, 1.807) is 0 Å². The summed E-state index contributed by atoms with van der Waals surface area (Å²) in [6, 6.07) is 28.7. The number of hydrogen-bond acceptors (Lipinski definition) is 2. The Kier molecular flexibility index (Phi) is 7.84. The van der Waals surface area contributed by atoms with E-state index in [2.05, 4.69) is 58.5 Å². The Morgan fingerprint density at radius 1 is 0.720 bits per heavy atom. The van der Waals surface area contributed by atoms with Crippen LogP contribution in [-0.2, 0) is 29.9 Å². The number of nitrogens with zero attached hydrogens (tertiary/aromatic N) is 2. The molecule has 2 aromatic carbocycles. The van der Waals surface area contributed by atoms with Gasteiger partial charge in [-0.1, -0.05) is 12.1 Å². The Balaban J connectivity index is 0.000000173. The van der Waals surface area contributed by atoms with Crippen molar-refractivity contribution in [3.63, 3.8) is 0 Å². The van der Waals surface area contributed by atoms with Crippen LogP contribution in [0.25, 0.3) is 0 Å². The van der Waals surface area contributed by atoms with Crippen LogP contribution >= 0.6 is 0 Å². The number of hydrogen-bond donors (Lipinski definition) is 0. The Hall–Kier alpha value is -2.48. The topological polar surface area (TPSA) is 25.8 Å². The number of rotatable bonds is 4. The zero-order chi connectivity index (χ0) is 16.5. The van der Waals surface area contributed by atoms with Crippen LogP contribution in [0.4, 0.5) is 0 Å². The van der Waals surface area contributed by atoms with Crippen molar-refractivity contribution in [3.8, 4) is 0 Å². The molecule has 0 saturated heterocycles. The molecule has 2 nitrogen and oxygen atoms in total. The minimum atomic E-state index is 0. The molecule has 0 aliphatic heterocycles. The summed E-state index contributed by atoms with van der Waals surface area (Å²) in [5, 5.41) is 0. The second-order valence-corrected chi connectivity index (χ2v) is 5.58. The smallest absolute Gasteiger partial charge is 0.0332 e. The summed E-state index contributed by atoms with van der Waals surface area (Å²) >= 11 is 0. The molecule has 2 heterocycles. The fourth-order valence-electron chi connectivity index (χ4n) is 2.49. The Labute approximate surface area is 159 Å². The maximum atomic E-state index is 4.25. The maximum absolute atomic E-state index is 4.25. The molecule has 0 N–H and O–H groups in total. The number of aromatic nitrogens is 2. The van der Waals surface area contributed by atoms with Gasteiger partial charge in [0, 0.05) is 40.9 Å². The van der Waals surface area contributed by atoms with Gasteiger partial charge in [-0.15, -0.1) is 0 Å². The van der Waals surface area contributed by atoms with Crippen molar-refractivity contribution >= 4 is 0 Å². The molecule has 3 heteroatoms. The molecule has 0 amide bonds. The third-order valence-electron chi connectivity index (χ3n) is 3.69. The molecule has 0 unspecified atom stereocenters.